The van der Waals surface area contributed by atoms with Crippen molar-refractivity contribution in [1.29, 1.82) is 0 Å². The molecule has 6 nitrogen and oxygen atoms in total. The van der Waals surface area contributed by atoms with Crippen LogP contribution in [0.1, 0.15) is 18.9 Å². The maximum absolute atomic E-state index is 11.7. The van der Waals surface area contributed by atoms with Gasteiger partial charge in [-0.1, -0.05) is 41.9 Å². The average molecular weight is 319 g/mol. The van der Waals surface area contributed by atoms with Crippen molar-refractivity contribution < 1.29 is 9.59 Å². The number of allylic oxidation sites excluding steroid dienone is 1. The van der Waals surface area contributed by atoms with Crippen molar-refractivity contribution in [1.82, 2.24) is 10.9 Å². The zero-order valence-electron chi connectivity index (χ0n) is 11.9. The fraction of sp³-hybridized carbons (Fsp3) is 0.200. The second kappa shape index (κ2) is 7.51. The normalized spacial score (nSPS) is 18.3. The van der Waals surface area contributed by atoms with Crippen LogP contribution in [0.2, 0.25) is 0 Å². The highest BCUT2D eigenvalue weighted by Crippen LogP contribution is 2.11. The van der Waals surface area contributed by atoms with Crippen molar-refractivity contribution in [2.24, 2.45) is 16.1 Å². The SMILES string of the molecule is CC1=NNC(=O)C1CC(=O)N/N=C/C(Cl)=C/c1ccccc1. The number of benzene rings is 1. The Morgan fingerprint density at radius 2 is 2.18 bits per heavy atom. The Hall–Kier alpha value is -2.47. The molecule has 22 heavy (non-hydrogen) atoms. The Morgan fingerprint density at radius 3 is 2.82 bits per heavy atom. The first-order valence-electron chi connectivity index (χ1n) is 6.64. The predicted molar refractivity (Wildman–Crippen MR) is 86.3 cm³/mol. The van der Waals surface area contributed by atoms with Crippen LogP contribution in [0.15, 0.2) is 45.6 Å². The summed E-state index contributed by atoms with van der Waals surface area (Å²) in [5, 5.41) is 7.92. The number of hydrogen-bond donors (Lipinski definition) is 2. The second-order valence-corrected chi connectivity index (χ2v) is 5.16. The molecule has 1 atom stereocenters. The quantitative estimate of drug-likeness (QED) is 0.642. The number of hydrazone groups is 2. The number of nitrogens with one attached hydrogen (secondary N) is 2. The van der Waals surface area contributed by atoms with Crippen LogP contribution in [-0.2, 0) is 9.59 Å². The van der Waals surface area contributed by atoms with Gasteiger partial charge < -0.3 is 0 Å². The number of halogens is 1. The van der Waals surface area contributed by atoms with Crippen LogP contribution in [-0.4, -0.2) is 23.7 Å². The molecule has 0 saturated carbocycles. The standard InChI is InChI=1S/C15H15ClN4O2/c1-10-13(15(22)20-18-10)8-14(21)19-17-9-12(16)7-11-5-3-2-4-6-11/h2-7,9,13H,8H2,1H3,(H,19,21)(H,20,22)/b12-7-,17-9+. The molecule has 0 saturated heterocycles. The summed E-state index contributed by atoms with van der Waals surface area (Å²) < 4.78 is 0. The summed E-state index contributed by atoms with van der Waals surface area (Å²) in [4.78, 5) is 23.1. The van der Waals surface area contributed by atoms with E-state index < -0.39 is 5.92 Å². The van der Waals surface area contributed by atoms with Gasteiger partial charge in [0, 0.05) is 12.1 Å². The van der Waals surface area contributed by atoms with Crippen molar-refractivity contribution >= 4 is 41.4 Å². The Balaban J connectivity index is 1.84. The van der Waals surface area contributed by atoms with Gasteiger partial charge in [0.15, 0.2) is 0 Å². The van der Waals surface area contributed by atoms with E-state index in [2.05, 4.69) is 21.1 Å². The molecule has 1 aromatic carbocycles. The van der Waals surface area contributed by atoms with Crippen molar-refractivity contribution in [2.75, 3.05) is 0 Å². The van der Waals surface area contributed by atoms with Crippen molar-refractivity contribution in [2.45, 2.75) is 13.3 Å². The summed E-state index contributed by atoms with van der Waals surface area (Å²) in [5.74, 6) is -1.19. The van der Waals surface area contributed by atoms with Gasteiger partial charge in [-0.2, -0.15) is 10.2 Å². The summed E-state index contributed by atoms with van der Waals surface area (Å²) in [7, 11) is 0. The second-order valence-electron chi connectivity index (χ2n) is 4.72. The number of hydrogen-bond acceptors (Lipinski definition) is 4. The van der Waals surface area contributed by atoms with E-state index in [1.54, 1.807) is 13.0 Å². The van der Waals surface area contributed by atoms with Crippen LogP contribution in [0.25, 0.3) is 6.08 Å². The lowest BCUT2D eigenvalue weighted by atomic mass is 10.0. The molecule has 2 N–H and O–H groups in total. The number of amides is 2. The lowest BCUT2D eigenvalue weighted by Crippen LogP contribution is -2.29. The van der Waals surface area contributed by atoms with Gasteiger partial charge in [-0.05, 0) is 18.6 Å². The van der Waals surface area contributed by atoms with Gasteiger partial charge in [-0.15, -0.1) is 0 Å². The fourth-order valence-corrected chi connectivity index (χ4v) is 2.05. The van der Waals surface area contributed by atoms with Gasteiger partial charge in [0.2, 0.25) is 11.8 Å². The minimum atomic E-state index is -0.537. The Labute approximate surface area is 132 Å². The molecule has 0 aliphatic carbocycles. The molecule has 0 bridgehead atoms. The zero-order chi connectivity index (χ0) is 15.9. The van der Waals surface area contributed by atoms with Gasteiger partial charge in [0.05, 0.1) is 17.2 Å². The molecule has 1 aromatic rings. The number of nitrogens with zero attached hydrogens (tertiary/aromatic N) is 2. The van der Waals surface area contributed by atoms with E-state index in [1.165, 1.54) is 6.21 Å². The molecule has 7 heteroatoms. The summed E-state index contributed by atoms with van der Waals surface area (Å²) in [6.45, 7) is 1.69. The van der Waals surface area contributed by atoms with Crippen LogP contribution >= 0.6 is 11.6 Å². The maximum Gasteiger partial charge on any atom is 0.249 e. The van der Waals surface area contributed by atoms with Gasteiger partial charge in [-0.25, -0.2) is 10.9 Å². The summed E-state index contributed by atoms with van der Waals surface area (Å²) >= 11 is 5.99. The molecule has 1 aliphatic rings. The molecule has 114 valence electrons. The van der Waals surface area contributed by atoms with E-state index in [9.17, 15) is 9.59 Å². The minimum absolute atomic E-state index is 0.00146. The molecule has 0 radical (unpaired) electrons. The van der Waals surface area contributed by atoms with Gasteiger partial charge in [0.1, 0.15) is 0 Å². The fourth-order valence-electron chi connectivity index (χ4n) is 1.87. The Morgan fingerprint density at radius 1 is 1.45 bits per heavy atom. The topological polar surface area (TPSA) is 82.9 Å². The van der Waals surface area contributed by atoms with Crippen LogP contribution in [0.4, 0.5) is 0 Å². The summed E-state index contributed by atoms with van der Waals surface area (Å²) in [6, 6.07) is 9.49. The van der Waals surface area contributed by atoms with Gasteiger partial charge in [-0.3, -0.25) is 9.59 Å². The van der Waals surface area contributed by atoms with Crippen LogP contribution in [0.5, 0.6) is 0 Å². The van der Waals surface area contributed by atoms with Gasteiger partial charge >= 0.3 is 0 Å². The molecule has 1 aliphatic heterocycles. The van der Waals surface area contributed by atoms with Crippen LogP contribution in [0, 0.1) is 5.92 Å². The summed E-state index contributed by atoms with van der Waals surface area (Å²) in [6.07, 6.45) is 3.05. The molecule has 0 fully saturated rings. The largest absolute Gasteiger partial charge is 0.273 e. The highest BCUT2D eigenvalue weighted by atomic mass is 35.5. The number of carbonyl (C=O) groups is 2. The van der Waals surface area contributed by atoms with E-state index >= 15 is 0 Å². The highest BCUT2D eigenvalue weighted by molar-refractivity contribution is 6.41. The zero-order valence-corrected chi connectivity index (χ0v) is 12.7. The number of rotatable bonds is 5. The van der Waals surface area contributed by atoms with Crippen LogP contribution in [0.3, 0.4) is 0 Å². The maximum atomic E-state index is 11.7. The highest BCUT2D eigenvalue weighted by Gasteiger charge is 2.28. The molecular formula is C15H15ClN4O2. The van der Waals surface area contributed by atoms with E-state index in [0.717, 1.165) is 5.56 Å². The molecule has 2 rings (SSSR count). The molecule has 1 unspecified atom stereocenters. The third-order valence-electron chi connectivity index (χ3n) is 3.03. The van der Waals surface area contributed by atoms with Crippen molar-refractivity contribution in [3.05, 3.63) is 40.9 Å². The average Bonchev–Trinajstić information content (AvgIpc) is 2.80. The Bertz CT molecular complexity index is 653. The smallest absolute Gasteiger partial charge is 0.249 e. The first-order valence-corrected chi connectivity index (χ1v) is 7.02. The third-order valence-corrected chi connectivity index (χ3v) is 3.24. The predicted octanol–water partition coefficient (Wildman–Crippen LogP) is 1.88. The van der Waals surface area contributed by atoms with Crippen LogP contribution < -0.4 is 10.9 Å². The molecular weight excluding hydrogens is 304 g/mol. The van der Waals surface area contributed by atoms with Crippen molar-refractivity contribution in [3.63, 3.8) is 0 Å². The first kappa shape index (κ1) is 15.9. The lowest BCUT2D eigenvalue weighted by molar-refractivity contribution is -0.127. The molecule has 0 spiro atoms. The monoisotopic (exact) mass is 318 g/mol. The Kier molecular flexibility index (Phi) is 5.43. The number of carbonyl (C=O) groups excluding carboxylic acids is 2. The van der Waals surface area contributed by atoms with E-state index in [0.29, 0.717) is 10.7 Å². The lowest BCUT2D eigenvalue weighted by Gasteiger charge is -2.05. The minimum Gasteiger partial charge on any atom is -0.273 e. The van der Waals surface area contributed by atoms with Crippen molar-refractivity contribution in [3.8, 4) is 0 Å². The van der Waals surface area contributed by atoms with Gasteiger partial charge in [0.25, 0.3) is 0 Å². The molecule has 2 amide bonds. The van der Waals surface area contributed by atoms with E-state index in [-0.39, 0.29) is 18.2 Å². The van der Waals surface area contributed by atoms with E-state index in [4.69, 9.17) is 11.6 Å². The molecule has 0 aromatic heterocycles. The third kappa shape index (κ3) is 4.53. The first-order chi connectivity index (χ1) is 10.6. The van der Waals surface area contributed by atoms with E-state index in [1.807, 2.05) is 30.3 Å². The summed E-state index contributed by atoms with van der Waals surface area (Å²) in [5.41, 5.74) is 6.18. The molecule has 1 heterocycles.